The van der Waals surface area contributed by atoms with Gasteiger partial charge in [-0.1, -0.05) is 0 Å². The Morgan fingerprint density at radius 2 is 2.43 bits per heavy atom. The average Bonchev–Trinajstić information content (AvgIpc) is 2.50. The molecule has 1 aromatic heterocycles. The number of hydrogen-bond donors (Lipinski definition) is 1. The molecule has 0 bridgehead atoms. The van der Waals surface area contributed by atoms with Gasteiger partial charge in [0.05, 0.1) is 4.88 Å². The van der Waals surface area contributed by atoms with E-state index in [4.69, 9.17) is 5.73 Å². The zero-order valence-electron chi connectivity index (χ0n) is 8.13. The molecule has 0 aliphatic heterocycles. The molecule has 0 saturated carbocycles. The Morgan fingerprint density at radius 3 is 2.93 bits per heavy atom. The summed E-state index contributed by atoms with van der Waals surface area (Å²) in [7, 11) is 0. The van der Waals surface area contributed by atoms with Crippen molar-refractivity contribution in [1.82, 2.24) is 0 Å². The van der Waals surface area contributed by atoms with Crippen molar-refractivity contribution in [2.24, 2.45) is 5.73 Å². The molecule has 4 heteroatoms. The Bertz CT molecular complexity index is 309. The third kappa shape index (κ3) is 3.52. The van der Waals surface area contributed by atoms with E-state index in [2.05, 4.69) is 15.9 Å². The van der Waals surface area contributed by atoms with Gasteiger partial charge in [-0.2, -0.15) is 0 Å². The van der Waals surface area contributed by atoms with Crippen LogP contribution >= 0.6 is 27.3 Å². The molecule has 1 unspecified atom stereocenters. The summed E-state index contributed by atoms with van der Waals surface area (Å²) < 4.78 is 0.910. The Morgan fingerprint density at radius 1 is 1.71 bits per heavy atom. The van der Waals surface area contributed by atoms with Gasteiger partial charge in [-0.15, -0.1) is 11.3 Å². The van der Waals surface area contributed by atoms with Crippen LogP contribution in [0.4, 0.5) is 0 Å². The minimum Gasteiger partial charge on any atom is -0.328 e. The van der Waals surface area contributed by atoms with Crippen LogP contribution in [0.3, 0.4) is 0 Å². The summed E-state index contributed by atoms with van der Waals surface area (Å²) in [6.45, 7) is 1.96. The molecular formula is C10H14BrNOS. The maximum absolute atomic E-state index is 11.6. The van der Waals surface area contributed by atoms with E-state index in [-0.39, 0.29) is 11.8 Å². The highest BCUT2D eigenvalue weighted by molar-refractivity contribution is 9.10. The molecule has 2 nitrogen and oxygen atoms in total. The van der Waals surface area contributed by atoms with Crippen LogP contribution in [0, 0.1) is 0 Å². The number of ketones is 1. The van der Waals surface area contributed by atoms with Gasteiger partial charge in [-0.3, -0.25) is 4.79 Å². The smallest absolute Gasteiger partial charge is 0.173 e. The van der Waals surface area contributed by atoms with Gasteiger partial charge in [0.25, 0.3) is 0 Å². The quantitative estimate of drug-likeness (QED) is 0.839. The third-order valence-corrected chi connectivity index (χ3v) is 3.81. The zero-order valence-corrected chi connectivity index (χ0v) is 10.5. The molecular weight excluding hydrogens is 262 g/mol. The number of carbonyl (C=O) groups excluding carboxylic acids is 1. The predicted molar refractivity (Wildman–Crippen MR) is 63.8 cm³/mol. The summed E-state index contributed by atoms with van der Waals surface area (Å²) in [5.74, 6) is 0.215. The topological polar surface area (TPSA) is 43.1 Å². The van der Waals surface area contributed by atoms with Crippen LogP contribution < -0.4 is 5.73 Å². The second-order valence-electron chi connectivity index (χ2n) is 3.39. The van der Waals surface area contributed by atoms with Crippen molar-refractivity contribution in [1.29, 1.82) is 0 Å². The van der Waals surface area contributed by atoms with Crippen molar-refractivity contribution < 1.29 is 4.79 Å². The van der Waals surface area contributed by atoms with Crippen molar-refractivity contribution in [3.63, 3.8) is 0 Å². The molecule has 78 valence electrons. The standard InChI is InChI=1S/C10H14BrNOS/c1-7(12)3-2-4-9(13)10-8(11)5-6-14-10/h5-7H,2-4,12H2,1H3. The van der Waals surface area contributed by atoms with Gasteiger partial charge in [0.15, 0.2) is 5.78 Å². The number of nitrogens with two attached hydrogens (primary N) is 1. The second kappa shape index (κ2) is 5.63. The first-order chi connectivity index (χ1) is 6.61. The summed E-state index contributed by atoms with van der Waals surface area (Å²) in [6.07, 6.45) is 2.39. The van der Waals surface area contributed by atoms with Crippen LogP contribution in [0.5, 0.6) is 0 Å². The maximum atomic E-state index is 11.6. The molecule has 2 N–H and O–H groups in total. The number of rotatable bonds is 5. The van der Waals surface area contributed by atoms with Gasteiger partial charge >= 0.3 is 0 Å². The average molecular weight is 276 g/mol. The van der Waals surface area contributed by atoms with Crippen LogP contribution in [0.15, 0.2) is 15.9 Å². The molecule has 1 atom stereocenters. The van der Waals surface area contributed by atoms with Crippen molar-refractivity contribution in [2.45, 2.75) is 32.2 Å². The van der Waals surface area contributed by atoms with E-state index in [1.54, 1.807) is 0 Å². The first-order valence-corrected chi connectivity index (χ1v) is 6.30. The molecule has 0 amide bonds. The number of halogens is 1. The van der Waals surface area contributed by atoms with Crippen molar-refractivity contribution >= 4 is 33.0 Å². The van der Waals surface area contributed by atoms with E-state index < -0.39 is 0 Å². The summed E-state index contributed by atoms with van der Waals surface area (Å²) in [4.78, 5) is 12.5. The SMILES string of the molecule is CC(N)CCCC(=O)c1sccc1Br. The first kappa shape index (κ1) is 11.9. The highest BCUT2D eigenvalue weighted by atomic mass is 79.9. The molecule has 0 aromatic carbocycles. The molecule has 14 heavy (non-hydrogen) atoms. The third-order valence-electron chi connectivity index (χ3n) is 1.93. The minimum absolute atomic E-state index is 0.189. The number of hydrogen-bond acceptors (Lipinski definition) is 3. The van der Waals surface area contributed by atoms with Crippen molar-refractivity contribution in [2.75, 3.05) is 0 Å². The number of carbonyl (C=O) groups is 1. The first-order valence-electron chi connectivity index (χ1n) is 4.63. The van der Waals surface area contributed by atoms with Crippen LogP contribution in [0.25, 0.3) is 0 Å². The molecule has 0 fully saturated rings. The van der Waals surface area contributed by atoms with Crippen LogP contribution in [0.2, 0.25) is 0 Å². The minimum atomic E-state index is 0.189. The highest BCUT2D eigenvalue weighted by Gasteiger charge is 2.11. The largest absolute Gasteiger partial charge is 0.328 e. The Labute approximate surface area is 96.6 Å². The molecule has 0 saturated heterocycles. The van der Waals surface area contributed by atoms with E-state index in [0.29, 0.717) is 6.42 Å². The number of thiophene rings is 1. The highest BCUT2D eigenvalue weighted by Crippen LogP contribution is 2.24. The van der Waals surface area contributed by atoms with E-state index in [1.165, 1.54) is 11.3 Å². The normalized spacial score (nSPS) is 12.8. The molecule has 1 heterocycles. The lowest BCUT2D eigenvalue weighted by molar-refractivity contribution is 0.0982. The van der Waals surface area contributed by atoms with E-state index in [0.717, 1.165) is 22.2 Å². The fraction of sp³-hybridized carbons (Fsp3) is 0.500. The van der Waals surface area contributed by atoms with Crippen molar-refractivity contribution in [3.05, 3.63) is 20.8 Å². The Hall–Kier alpha value is -0.190. The fourth-order valence-corrected chi connectivity index (χ4v) is 2.75. The van der Waals surface area contributed by atoms with E-state index in [9.17, 15) is 4.79 Å². The van der Waals surface area contributed by atoms with Crippen LogP contribution in [0.1, 0.15) is 35.9 Å². The monoisotopic (exact) mass is 275 g/mol. The summed E-state index contributed by atoms with van der Waals surface area (Å²) >= 11 is 4.84. The van der Waals surface area contributed by atoms with Gasteiger partial charge < -0.3 is 5.73 Å². The second-order valence-corrected chi connectivity index (χ2v) is 5.16. The van der Waals surface area contributed by atoms with Crippen LogP contribution in [-0.2, 0) is 0 Å². The lowest BCUT2D eigenvalue weighted by atomic mass is 10.1. The maximum Gasteiger partial charge on any atom is 0.173 e. The lowest BCUT2D eigenvalue weighted by Gasteiger charge is -2.03. The molecule has 0 spiro atoms. The summed E-state index contributed by atoms with van der Waals surface area (Å²) in [6, 6.07) is 2.10. The van der Waals surface area contributed by atoms with Gasteiger partial charge in [-0.25, -0.2) is 0 Å². The predicted octanol–water partition coefficient (Wildman–Crippen LogP) is 3.21. The van der Waals surface area contributed by atoms with E-state index >= 15 is 0 Å². The molecule has 0 aliphatic rings. The van der Waals surface area contributed by atoms with Gasteiger partial charge in [0.2, 0.25) is 0 Å². The van der Waals surface area contributed by atoms with Crippen molar-refractivity contribution in [3.8, 4) is 0 Å². The van der Waals surface area contributed by atoms with E-state index in [1.807, 2.05) is 18.4 Å². The molecule has 1 rings (SSSR count). The summed E-state index contributed by atoms with van der Waals surface area (Å²) in [5.41, 5.74) is 5.61. The fourth-order valence-electron chi connectivity index (χ4n) is 1.19. The molecule has 0 aliphatic carbocycles. The van der Waals surface area contributed by atoms with Crippen LogP contribution in [-0.4, -0.2) is 11.8 Å². The number of Topliss-reactive ketones (excluding diaryl/α,β-unsaturated/α-hetero) is 1. The lowest BCUT2D eigenvalue weighted by Crippen LogP contribution is -2.14. The van der Waals surface area contributed by atoms with Gasteiger partial charge in [0, 0.05) is 16.9 Å². The Kier molecular flexibility index (Phi) is 4.78. The zero-order chi connectivity index (χ0) is 10.6. The molecule has 1 aromatic rings. The molecule has 0 radical (unpaired) electrons. The summed E-state index contributed by atoms with van der Waals surface area (Å²) in [5, 5.41) is 1.92. The van der Waals surface area contributed by atoms with Gasteiger partial charge in [-0.05, 0) is 47.1 Å². The Balaban J connectivity index is 2.40. The van der Waals surface area contributed by atoms with Gasteiger partial charge in [0.1, 0.15) is 0 Å².